The zero-order chi connectivity index (χ0) is 11.5. The van der Waals surface area contributed by atoms with Crippen LogP contribution in [0.25, 0.3) is 0 Å². The molecule has 0 fully saturated rings. The SMILES string of the molecule is C=CCc1cc(CC(C)(C)C)ccc1O. The van der Waals surface area contributed by atoms with Crippen LogP contribution in [0, 0.1) is 5.41 Å². The van der Waals surface area contributed by atoms with E-state index in [-0.39, 0.29) is 5.41 Å². The Morgan fingerprint density at radius 2 is 2.00 bits per heavy atom. The molecule has 0 amide bonds. The Hall–Kier alpha value is -1.24. The van der Waals surface area contributed by atoms with Crippen LogP contribution in [0.3, 0.4) is 0 Å². The Morgan fingerprint density at radius 3 is 2.53 bits per heavy atom. The van der Waals surface area contributed by atoms with Gasteiger partial charge in [0.15, 0.2) is 0 Å². The van der Waals surface area contributed by atoms with Crippen molar-refractivity contribution < 1.29 is 5.11 Å². The summed E-state index contributed by atoms with van der Waals surface area (Å²) in [5.74, 6) is 0.368. The minimum atomic E-state index is 0.280. The van der Waals surface area contributed by atoms with Crippen LogP contribution in [0.15, 0.2) is 30.9 Å². The Morgan fingerprint density at radius 1 is 1.33 bits per heavy atom. The van der Waals surface area contributed by atoms with Crippen molar-refractivity contribution in [3.8, 4) is 5.75 Å². The summed E-state index contributed by atoms with van der Waals surface area (Å²) in [6, 6.07) is 5.84. The highest BCUT2D eigenvalue weighted by atomic mass is 16.3. The lowest BCUT2D eigenvalue weighted by Crippen LogP contribution is -2.09. The molecule has 0 saturated carbocycles. The van der Waals surface area contributed by atoms with Crippen molar-refractivity contribution in [2.75, 3.05) is 0 Å². The van der Waals surface area contributed by atoms with Crippen LogP contribution >= 0.6 is 0 Å². The molecule has 0 radical (unpaired) electrons. The van der Waals surface area contributed by atoms with E-state index in [2.05, 4.69) is 33.4 Å². The number of benzene rings is 1. The summed E-state index contributed by atoms with van der Waals surface area (Å²) in [6.07, 6.45) is 3.57. The molecular formula is C14H20O. The van der Waals surface area contributed by atoms with Crippen LogP contribution in [0.4, 0.5) is 0 Å². The maximum Gasteiger partial charge on any atom is 0.119 e. The normalized spacial score (nSPS) is 11.4. The number of allylic oxidation sites excluding steroid dienone is 1. The molecule has 0 unspecified atom stereocenters. The molecule has 0 aliphatic carbocycles. The third kappa shape index (κ3) is 3.78. The molecule has 1 rings (SSSR count). The van der Waals surface area contributed by atoms with Gasteiger partial charge in [0.25, 0.3) is 0 Å². The fourth-order valence-electron chi connectivity index (χ4n) is 1.68. The van der Waals surface area contributed by atoms with Gasteiger partial charge < -0.3 is 5.11 Å². The second kappa shape index (κ2) is 4.52. The van der Waals surface area contributed by atoms with Gasteiger partial charge in [-0.25, -0.2) is 0 Å². The van der Waals surface area contributed by atoms with Gasteiger partial charge in [0, 0.05) is 0 Å². The number of rotatable bonds is 3. The molecule has 1 aromatic carbocycles. The molecule has 0 atom stereocenters. The second-order valence-corrected chi connectivity index (χ2v) is 5.19. The Bertz CT molecular complexity index is 345. The van der Waals surface area contributed by atoms with Crippen LogP contribution in [0.5, 0.6) is 5.75 Å². The van der Waals surface area contributed by atoms with Crippen molar-refractivity contribution in [3.63, 3.8) is 0 Å². The summed E-state index contributed by atoms with van der Waals surface area (Å²) < 4.78 is 0. The predicted octanol–water partition coefficient (Wildman–Crippen LogP) is 3.71. The molecule has 82 valence electrons. The maximum atomic E-state index is 9.62. The maximum absolute atomic E-state index is 9.62. The van der Waals surface area contributed by atoms with Crippen LogP contribution in [-0.4, -0.2) is 5.11 Å². The fourth-order valence-corrected chi connectivity index (χ4v) is 1.68. The standard InChI is InChI=1S/C14H20O/c1-5-6-12-9-11(7-8-13(12)15)10-14(2,3)4/h5,7-9,15H,1,6,10H2,2-4H3. The van der Waals surface area contributed by atoms with E-state index in [1.165, 1.54) is 5.56 Å². The van der Waals surface area contributed by atoms with E-state index in [0.717, 1.165) is 18.4 Å². The molecule has 0 saturated heterocycles. The number of hydrogen-bond acceptors (Lipinski definition) is 1. The van der Waals surface area contributed by atoms with E-state index in [0.29, 0.717) is 5.75 Å². The average Bonchev–Trinajstić information content (AvgIpc) is 2.09. The summed E-state index contributed by atoms with van der Waals surface area (Å²) in [5.41, 5.74) is 2.52. The summed E-state index contributed by atoms with van der Waals surface area (Å²) in [4.78, 5) is 0. The molecule has 0 heterocycles. The van der Waals surface area contributed by atoms with Gasteiger partial charge in [-0.15, -0.1) is 6.58 Å². The highest BCUT2D eigenvalue weighted by molar-refractivity contribution is 5.37. The van der Waals surface area contributed by atoms with Crippen LogP contribution in [-0.2, 0) is 12.8 Å². The van der Waals surface area contributed by atoms with E-state index in [1.807, 2.05) is 12.1 Å². The minimum absolute atomic E-state index is 0.280. The molecule has 0 aliphatic rings. The zero-order valence-electron chi connectivity index (χ0n) is 9.88. The molecule has 1 heteroatoms. The van der Waals surface area contributed by atoms with E-state index in [1.54, 1.807) is 6.07 Å². The highest BCUT2D eigenvalue weighted by Gasteiger charge is 2.12. The lowest BCUT2D eigenvalue weighted by atomic mass is 9.87. The summed E-state index contributed by atoms with van der Waals surface area (Å²) >= 11 is 0. The van der Waals surface area contributed by atoms with Gasteiger partial charge in [-0.1, -0.05) is 39.0 Å². The first-order valence-electron chi connectivity index (χ1n) is 5.34. The van der Waals surface area contributed by atoms with E-state index in [4.69, 9.17) is 0 Å². The third-order valence-corrected chi connectivity index (χ3v) is 2.24. The summed E-state index contributed by atoms with van der Waals surface area (Å²) in [6.45, 7) is 10.3. The minimum Gasteiger partial charge on any atom is -0.508 e. The predicted molar refractivity (Wildman–Crippen MR) is 65.2 cm³/mol. The Labute approximate surface area is 92.5 Å². The highest BCUT2D eigenvalue weighted by Crippen LogP contribution is 2.25. The summed E-state index contributed by atoms with van der Waals surface area (Å²) in [7, 11) is 0. The lowest BCUT2D eigenvalue weighted by Gasteiger charge is -2.18. The van der Waals surface area contributed by atoms with Gasteiger partial charge in [0.2, 0.25) is 0 Å². The van der Waals surface area contributed by atoms with Crippen LogP contribution in [0.2, 0.25) is 0 Å². The number of aromatic hydroxyl groups is 1. The Kier molecular flexibility index (Phi) is 3.57. The van der Waals surface area contributed by atoms with Gasteiger partial charge in [-0.2, -0.15) is 0 Å². The van der Waals surface area contributed by atoms with E-state index in [9.17, 15) is 5.11 Å². The van der Waals surface area contributed by atoms with E-state index < -0.39 is 0 Å². The molecular weight excluding hydrogens is 184 g/mol. The fraction of sp³-hybridized carbons (Fsp3) is 0.429. The van der Waals surface area contributed by atoms with Gasteiger partial charge in [-0.3, -0.25) is 0 Å². The first-order valence-corrected chi connectivity index (χ1v) is 5.34. The van der Waals surface area contributed by atoms with Crippen molar-refractivity contribution >= 4 is 0 Å². The van der Waals surface area contributed by atoms with Crippen molar-refractivity contribution in [1.29, 1.82) is 0 Å². The first-order chi connectivity index (χ1) is 6.92. The monoisotopic (exact) mass is 204 g/mol. The quantitative estimate of drug-likeness (QED) is 0.744. The van der Waals surface area contributed by atoms with Gasteiger partial charge in [0.1, 0.15) is 5.75 Å². The molecule has 15 heavy (non-hydrogen) atoms. The molecule has 1 N–H and O–H groups in total. The van der Waals surface area contributed by atoms with Gasteiger partial charge in [-0.05, 0) is 35.4 Å². The van der Waals surface area contributed by atoms with Crippen LogP contribution in [0.1, 0.15) is 31.9 Å². The molecule has 0 aliphatic heterocycles. The van der Waals surface area contributed by atoms with E-state index >= 15 is 0 Å². The van der Waals surface area contributed by atoms with Crippen LogP contribution < -0.4 is 0 Å². The molecule has 0 aromatic heterocycles. The molecule has 0 spiro atoms. The van der Waals surface area contributed by atoms with Crippen molar-refractivity contribution in [1.82, 2.24) is 0 Å². The molecule has 1 aromatic rings. The average molecular weight is 204 g/mol. The lowest BCUT2D eigenvalue weighted by molar-refractivity contribution is 0.410. The zero-order valence-corrected chi connectivity index (χ0v) is 9.88. The first kappa shape index (κ1) is 11.8. The van der Waals surface area contributed by atoms with Crippen molar-refractivity contribution in [2.24, 2.45) is 5.41 Å². The largest absolute Gasteiger partial charge is 0.508 e. The summed E-state index contributed by atoms with van der Waals surface area (Å²) in [5, 5.41) is 9.62. The number of phenols is 1. The van der Waals surface area contributed by atoms with Crippen molar-refractivity contribution in [2.45, 2.75) is 33.6 Å². The second-order valence-electron chi connectivity index (χ2n) is 5.19. The Balaban J connectivity index is 2.92. The number of hydrogen-bond donors (Lipinski definition) is 1. The molecule has 0 bridgehead atoms. The molecule has 1 nitrogen and oxygen atoms in total. The van der Waals surface area contributed by atoms with Crippen molar-refractivity contribution in [3.05, 3.63) is 42.0 Å². The number of phenolic OH excluding ortho intramolecular Hbond substituents is 1. The van der Waals surface area contributed by atoms with Gasteiger partial charge >= 0.3 is 0 Å². The van der Waals surface area contributed by atoms with Gasteiger partial charge in [0.05, 0.1) is 0 Å². The smallest absolute Gasteiger partial charge is 0.119 e. The topological polar surface area (TPSA) is 20.2 Å². The third-order valence-electron chi connectivity index (χ3n) is 2.24.